The highest BCUT2D eigenvalue weighted by atomic mass is 15.4. The van der Waals surface area contributed by atoms with Gasteiger partial charge in [0, 0.05) is 25.0 Å². The Kier molecular flexibility index (Phi) is 2.96. The van der Waals surface area contributed by atoms with Crippen LogP contribution >= 0.6 is 0 Å². The van der Waals surface area contributed by atoms with Crippen LogP contribution in [0.5, 0.6) is 0 Å². The maximum Gasteiger partial charge on any atom is 0.0965 e. The summed E-state index contributed by atoms with van der Waals surface area (Å²) in [6.45, 7) is 1.45. The van der Waals surface area contributed by atoms with Crippen LogP contribution in [0.3, 0.4) is 0 Å². The monoisotopic (exact) mass is 282 g/mol. The minimum atomic E-state index is 0.651. The molecule has 1 fully saturated rings. The van der Waals surface area contributed by atoms with Crippen molar-refractivity contribution >= 4 is 10.9 Å². The van der Waals surface area contributed by atoms with Crippen LogP contribution in [0.15, 0.2) is 30.5 Å². The third-order valence-electron chi connectivity index (χ3n) is 3.88. The molecule has 2 aromatic heterocycles. The predicted octanol–water partition coefficient (Wildman–Crippen LogP) is 1.47. The highest BCUT2D eigenvalue weighted by Crippen LogP contribution is 2.19. The van der Waals surface area contributed by atoms with Gasteiger partial charge < -0.3 is 5.32 Å². The second kappa shape index (κ2) is 4.96. The lowest BCUT2D eigenvalue weighted by atomic mass is 10.2. The molecule has 6 nitrogen and oxygen atoms in total. The fourth-order valence-corrected chi connectivity index (χ4v) is 2.59. The molecule has 0 amide bonds. The van der Waals surface area contributed by atoms with E-state index in [4.69, 9.17) is 0 Å². The lowest BCUT2D eigenvalue weighted by Gasteiger charge is -1.98. The normalized spacial score (nSPS) is 14.9. The maximum atomic E-state index is 4.59. The zero-order valence-electron chi connectivity index (χ0n) is 12.0. The van der Waals surface area contributed by atoms with E-state index in [9.17, 15) is 0 Å². The van der Waals surface area contributed by atoms with E-state index in [1.165, 1.54) is 18.2 Å². The molecule has 3 aromatic rings. The number of hydrogen-bond acceptors (Lipinski definition) is 4. The minimum Gasteiger partial charge on any atom is -0.308 e. The summed E-state index contributed by atoms with van der Waals surface area (Å²) in [5.41, 5.74) is 3.16. The standard InChI is InChI=1S/C15H18N6/c1-20-15-5-3-2-4-13(15)14(18-20)10-21-9-12(17-19-21)8-16-11-6-7-11/h2-5,9,11,16H,6-8,10H2,1H3. The number of hydrogen-bond donors (Lipinski definition) is 1. The number of rotatable bonds is 5. The van der Waals surface area contributed by atoms with Gasteiger partial charge in [-0.2, -0.15) is 5.10 Å². The Morgan fingerprint density at radius 2 is 2.14 bits per heavy atom. The molecular weight excluding hydrogens is 264 g/mol. The van der Waals surface area contributed by atoms with Crippen LogP contribution in [0.1, 0.15) is 24.2 Å². The van der Waals surface area contributed by atoms with E-state index in [0.29, 0.717) is 12.6 Å². The Hall–Kier alpha value is -2.21. The smallest absolute Gasteiger partial charge is 0.0965 e. The average molecular weight is 282 g/mol. The van der Waals surface area contributed by atoms with Crippen LogP contribution in [0.4, 0.5) is 0 Å². The van der Waals surface area contributed by atoms with Gasteiger partial charge in [0.15, 0.2) is 0 Å². The SMILES string of the molecule is Cn1nc(Cn2cc(CNC3CC3)nn2)c2ccccc21. The number of para-hydroxylation sites is 1. The first-order valence-corrected chi connectivity index (χ1v) is 7.32. The van der Waals surface area contributed by atoms with E-state index < -0.39 is 0 Å². The highest BCUT2D eigenvalue weighted by molar-refractivity contribution is 5.81. The van der Waals surface area contributed by atoms with E-state index in [2.05, 4.69) is 32.9 Å². The molecule has 2 heterocycles. The van der Waals surface area contributed by atoms with Crippen LogP contribution < -0.4 is 5.32 Å². The van der Waals surface area contributed by atoms with Gasteiger partial charge in [0.05, 0.1) is 29.6 Å². The van der Waals surface area contributed by atoms with Gasteiger partial charge in [-0.25, -0.2) is 4.68 Å². The molecule has 0 atom stereocenters. The van der Waals surface area contributed by atoms with Gasteiger partial charge in [0.2, 0.25) is 0 Å². The van der Waals surface area contributed by atoms with Crippen molar-refractivity contribution in [3.05, 3.63) is 41.9 Å². The molecule has 0 unspecified atom stereocenters. The van der Waals surface area contributed by atoms with Crippen molar-refractivity contribution in [3.63, 3.8) is 0 Å². The van der Waals surface area contributed by atoms with E-state index in [1.54, 1.807) is 0 Å². The van der Waals surface area contributed by atoms with Crippen molar-refractivity contribution in [2.75, 3.05) is 0 Å². The fraction of sp³-hybridized carbons (Fsp3) is 0.400. The van der Waals surface area contributed by atoms with Gasteiger partial charge in [-0.15, -0.1) is 5.10 Å². The molecule has 4 rings (SSSR count). The second-order valence-corrected chi connectivity index (χ2v) is 5.65. The molecule has 0 bridgehead atoms. The molecule has 21 heavy (non-hydrogen) atoms. The molecule has 6 heteroatoms. The van der Waals surface area contributed by atoms with Crippen LogP contribution in [0.2, 0.25) is 0 Å². The molecule has 0 aliphatic heterocycles. The molecule has 1 saturated carbocycles. The zero-order valence-corrected chi connectivity index (χ0v) is 12.0. The predicted molar refractivity (Wildman–Crippen MR) is 79.7 cm³/mol. The number of fused-ring (bicyclic) bond motifs is 1. The molecule has 1 aliphatic rings. The first-order valence-electron chi connectivity index (χ1n) is 7.32. The molecule has 0 saturated heterocycles. The van der Waals surface area contributed by atoms with Gasteiger partial charge >= 0.3 is 0 Å². The number of aryl methyl sites for hydroxylation is 1. The van der Waals surface area contributed by atoms with Gasteiger partial charge in [-0.05, 0) is 18.9 Å². The van der Waals surface area contributed by atoms with Crippen LogP contribution in [0, 0.1) is 0 Å². The van der Waals surface area contributed by atoms with Crippen LogP contribution in [-0.4, -0.2) is 30.8 Å². The molecule has 1 aromatic carbocycles. The third-order valence-corrected chi connectivity index (χ3v) is 3.88. The number of nitrogens with one attached hydrogen (secondary N) is 1. The molecular formula is C15H18N6. The third kappa shape index (κ3) is 2.54. The van der Waals surface area contributed by atoms with Crippen molar-refractivity contribution < 1.29 is 0 Å². The van der Waals surface area contributed by atoms with Crippen LogP contribution in [0.25, 0.3) is 10.9 Å². The van der Waals surface area contributed by atoms with Crippen molar-refractivity contribution in [2.45, 2.75) is 32.0 Å². The van der Waals surface area contributed by atoms with E-state index in [1.807, 2.05) is 34.7 Å². The first-order chi connectivity index (χ1) is 10.3. The van der Waals surface area contributed by atoms with Gasteiger partial charge in [0.25, 0.3) is 0 Å². The summed E-state index contributed by atoms with van der Waals surface area (Å²) in [5.74, 6) is 0. The van der Waals surface area contributed by atoms with Gasteiger partial charge in [0.1, 0.15) is 0 Å². The highest BCUT2D eigenvalue weighted by Gasteiger charge is 2.20. The van der Waals surface area contributed by atoms with Gasteiger partial charge in [-0.3, -0.25) is 4.68 Å². The van der Waals surface area contributed by atoms with Crippen LogP contribution in [-0.2, 0) is 20.1 Å². The summed E-state index contributed by atoms with van der Waals surface area (Å²) in [7, 11) is 1.97. The molecule has 1 aliphatic carbocycles. The van der Waals surface area contributed by atoms with Crippen molar-refractivity contribution in [3.8, 4) is 0 Å². The summed E-state index contributed by atoms with van der Waals surface area (Å²) >= 11 is 0. The van der Waals surface area contributed by atoms with Gasteiger partial charge in [-0.1, -0.05) is 23.4 Å². The molecule has 0 radical (unpaired) electrons. The average Bonchev–Trinajstić information content (AvgIpc) is 3.15. The largest absolute Gasteiger partial charge is 0.308 e. The van der Waals surface area contributed by atoms with E-state index in [-0.39, 0.29) is 0 Å². The lowest BCUT2D eigenvalue weighted by Crippen LogP contribution is -2.15. The number of benzene rings is 1. The summed E-state index contributed by atoms with van der Waals surface area (Å²) < 4.78 is 3.77. The molecule has 108 valence electrons. The Balaban J connectivity index is 1.54. The maximum absolute atomic E-state index is 4.59. The summed E-state index contributed by atoms with van der Waals surface area (Å²) in [4.78, 5) is 0. The quantitative estimate of drug-likeness (QED) is 0.770. The van der Waals surface area contributed by atoms with E-state index >= 15 is 0 Å². The summed E-state index contributed by atoms with van der Waals surface area (Å²) in [6, 6.07) is 8.95. The minimum absolute atomic E-state index is 0.651. The van der Waals surface area contributed by atoms with Crippen molar-refractivity contribution in [1.29, 1.82) is 0 Å². The number of nitrogens with zero attached hydrogens (tertiary/aromatic N) is 5. The second-order valence-electron chi connectivity index (χ2n) is 5.65. The van der Waals surface area contributed by atoms with Crippen molar-refractivity contribution in [2.24, 2.45) is 7.05 Å². The Bertz CT molecular complexity index is 767. The molecule has 1 N–H and O–H groups in total. The van der Waals surface area contributed by atoms with Crippen molar-refractivity contribution in [1.82, 2.24) is 30.1 Å². The topological polar surface area (TPSA) is 60.6 Å². The zero-order chi connectivity index (χ0) is 14.2. The summed E-state index contributed by atoms with van der Waals surface area (Å²) in [6.07, 6.45) is 4.57. The first kappa shape index (κ1) is 12.5. The Morgan fingerprint density at radius 3 is 3.00 bits per heavy atom. The fourth-order valence-electron chi connectivity index (χ4n) is 2.59. The lowest BCUT2D eigenvalue weighted by molar-refractivity contribution is 0.626. The van der Waals surface area contributed by atoms with E-state index in [0.717, 1.165) is 23.4 Å². The summed E-state index contributed by atoms with van der Waals surface area (Å²) in [5, 5.41) is 17.6. The Morgan fingerprint density at radius 1 is 1.29 bits per heavy atom. The molecule has 0 spiro atoms. The number of aromatic nitrogens is 5. The Labute approximate surface area is 122 Å².